The summed E-state index contributed by atoms with van der Waals surface area (Å²) in [4.78, 5) is 27.7. The van der Waals surface area contributed by atoms with Crippen LogP contribution in [0.1, 0.15) is 18.1 Å². The van der Waals surface area contributed by atoms with Crippen LogP contribution in [0.5, 0.6) is 0 Å². The Morgan fingerprint density at radius 3 is 2.00 bits per heavy atom. The molecule has 27 heavy (non-hydrogen) atoms. The van der Waals surface area contributed by atoms with E-state index in [1.807, 2.05) is 4.90 Å². The number of amides is 3. The first-order valence-electron chi connectivity index (χ1n) is 9.18. The maximum Gasteiger partial charge on any atom is 0.321 e. The Morgan fingerprint density at radius 2 is 1.44 bits per heavy atom. The van der Waals surface area contributed by atoms with Gasteiger partial charge in [-0.2, -0.15) is 0 Å². The molecule has 0 aromatic heterocycles. The molecule has 3 rings (SSSR count). The predicted molar refractivity (Wildman–Crippen MR) is 109 cm³/mol. The number of aryl methyl sites for hydroxylation is 2. The van der Waals surface area contributed by atoms with Gasteiger partial charge in [0.1, 0.15) is 0 Å². The zero-order valence-corrected chi connectivity index (χ0v) is 16.1. The van der Waals surface area contributed by atoms with Crippen molar-refractivity contribution >= 4 is 29.0 Å². The van der Waals surface area contributed by atoms with Gasteiger partial charge in [-0.25, -0.2) is 4.79 Å². The van der Waals surface area contributed by atoms with Crippen molar-refractivity contribution in [1.82, 2.24) is 4.90 Å². The Hall–Kier alpha value is -3.02. The van der Waals surface area contributed by atoms with E-state index in [4.69, 9.17) is 0 Å². The summed E-state index contributed by atoms with van der Waals surface area (Å²) < 4.78 is 0. The van der Waals surface area contributed by atoms with Gasteiger partial charge in [0.15, 0.2) is 0 Å². The standard InChI is InChI=1S/C21H26N4O2/c1-15-4-9-20(16(2)14-15)24-10-12-25(13-11-24)21(27)23-19-7-5-18(6-8-19)22-17(3)26/h4-9,14H,10-13H2,1-3H3,(H,22,26)(H,23,27). The highest BCUT2D eigenvalue weighted by atomic mass is 16.2. The van der Waals surface area contributed by atoms with Gasteiger partial charge >= 0.3 is 6.03 Å². The molecule has 0 spiro atoms. The van der Waals surface area contributed by atoms with Gasteiger partial charge in [0.05, 0.1) is 0 Å². The Bertz CT molecular complexity index is 825. The first kappa shape index (κ1) is 18.8. The molecule has 0 saturated carbocycles. The van der Waals surface area contributed by atoms with Crippen molar-refractivity contribution in [2.75, 3.05) is 41.7 Å². The fourth-order valence-electron chi connectivity index (χ4n) is 3.35. The highest BCUT2D eigenvalue weighted by molar-refractivity contribution is 5.91. The molecule has 142 valence electrons. The summed E-state index contributed by atoms with van der Waals surface area (Å²) in [5, 5.41) is 5.63. The van der Waals surface area contributed by atoms with Crippen LogP contribution in [0.4, 0.5) is 21.9 Å². The number of anilines is 3. The molecule has 2 aromatic carbocycles. The molecule has 2 N–H and O–H groups in total. The minimum Gasteiger partial charge on any atom is -0.368 e. The molecule has 6 heteroatoms. The number of benzene rings is 2. The van der Waals surface area contributed by atoms with Crippen LogP contribution in [0.15, 0.2) is 42.5 Å². The average molecular weight is 366 g/mol. The molecule has 2 aromatic rings. The van der Waals surface area contributed by atoms with Gasteiger partial charge in [-0.15, -0.1) is 0 Å². The second kappa shape index (κ2) is 8.12. The van der Waals surface area contributed by atoms with Gasteiger partial charge in [-0.1, -0.05) is 17.7 Å². The molecule has 3 amide bonds. The quantitative estimate of drug-likeness (QED) is 0.872. The van der Waals surface area contributed by atoms with Crippen LogP contribution < -0.4 is 15.5 Å². The summed E-state index contributed by atoms with van der Waals surface area (Å²) in [6.07, 6.45) is 0. The molecule has 0 unspecified atom stereocenters. The van der Waals surface area contributed by atoms with Gasteiger partial charge in [0.2, 0.25) is 5.91 Å². The fraction of sp³-hybridized carbons (Fsp3) is 0.333. The lowest BCUT2D eigenvalue weighted by atomic mass is 10.1. The highest BCUT2D eigenvalue weighted by Crippen LogP contribution is 2.23. The predicted octanol–water partition coefficient (Wildman–Crippen LogP) is 3.62. The number of nitrogens with one attached hydrogen (secondary N) is 2. The lowest BCUT2D eigenvalue weighted by Crippen LogP contribution is -2.50. The van der Waals surface area contributed by atoms with Crippen LogP contribution in [0.3, 0.4) is 0 Å². The molecular formula is C21H26N4O2. The Balaban J connectivity index is 1.54. The fourth-order valence-corrected chi connectivity index (χ4v) is 3.35. The van der Waals surface area contributed by atoms with E-state index in [0.29, 0.717) is 24.5 Å². The second-order valence-electron chi connectivity index (χ2n) is 6.95. The highest BCUT2D eigenvalue weighted by Gasteiger charge is 2.22. The Morgan fingerprint density at radius 1 is 0.852 bits per heavy atom. The van der Waals surface area contributed by atoms with Crippen molar-refractivity contribution in [3.8, 4) is 0 Å². The maximum absolute atomic E-state index is 12.5. The summed E-state index contributed by atoms with van der Waals surface area (Å²) in [6, 6.07) is 13.5. The van der Waals surface area contributed by atoms with Gasteiger partial charge in [0.25, 0.3) is 0 Å². The van der Waals surface area contributed by atoms with E-state index in [9.17, 15) is 9.59 Å². The van der Waals surface area contributed by atoms with Crippen LogP contribution in [-0.2, 0) is 4.79 Å². The van der Waals surface area contributed by atoms with Crippen LogP contribution >= 0.6 is 0 Å². The van der Waals surface area contributed by atoms with Crippen LogP contribution in [-0.4, -0.2) is 43.0 Å². The third-order valence-electron chi connectivity index (χ3n) is 4.72. The van der Waals surface area contributed by atoms with Gasteiger partial charge in [-0.05, 0) is 49.7 Å². The van der Waals surface area contributed by atoms with Crippen molar-refractivity contribution in [3.05, 3.63) is 53.6 Å². The first-order valence-corrected chi connectivity index (χ1v) is 9.18. The first-order chi connectivity index (χ1) is 12.9. The Labute approximate surface area is 160 Å². The number of rotatable bonds is 3. The Kier molecular flexibility index (Phi) is 5.64. The lowest BCUT2D eigenvalue weighted by Gasteiger charge is -2.36. The molecule has 1 saturated heterocycles. The van der Waals surface area contributed by atoms with Gasteiger partial charge < -0.3 is 20.4 Å². The molecule has 0 radical (unpaired) electrons. The minimum atomic E-state index is -0.117. The van der Waals surface area contributed by atoms with E-state index in [1.54, 1.807) is 24.3 Å². The van der Waals surface area contributed by atoms with Crippen molar-refractivity contribution in [3.63, 3.8) is 0 Å². The van der Waals surface area contributed by atoms with Crippen LogP contribution in [0.25, 0.3) is 0 Å². The van der Waals surface area contributed by atoms with Crippen molar-refractivity contribution in [1.29, 1.82) is 0 Å². The largest absolute Gasteiger partial charge is 0.368 e. The van der Waals surface area contributed by atoms with Crippen molar-refractivity contribution < 1.29 is 9.59 Å². The SMILES string of the molecule is CC(=O)Nc1ccc(NC(=O)N2CCN(c3ccc(C)cc3C)CC2)cc1. The third-order valence-corrected chi connectivity index (χ3v) is 4.72. The average Bonchev–Trinajstić information content (AvgIpc) is 2.63. The molecular weight excluding hydrogens is 340 g/mol. The number of carbonyl (C=O) groups is 2. The molecule has 1 aliphatic heterocycles. The molecule has 1 aliphatic rings. The topological polar surface area (TPSA) is 64.7 Å². The van der Waals surface area contributed by atoms with Crippen LogP contribution in [0.2, 0.25) is 0 Å². The molecule has 0 atom stereocenters. The molecule has 0 aliphatic carbocycles. The van der Waals surface area contributed by atoms with E-state index < -0.39 is 0 Å². The smallest absolute Gasteiger partial charge is 0.321 e. The summed E-state index contributed by atoms with van der Waals surface area (Å²) in [5.41, 5.74) is 5.20. The number of carbonyl (C=O) groups excluding carboxylic acids is 2. The van der Waals surface area contributed by atoms with Crippen molar-refractivity contribution in [2.45, 2.75) is 20.8 Å². The molecule has 1 fully saturated rings. The number of hydrogen-bond donors (Lipinski definition) is 2. The van der Waals surface area contributed by atoms with E-state index in [1.165, 1.54) is 23.7 Å². The molecule has 1 heterocycles. The van der Waals surface area contributed by atoms with E-state index in [-0.39, 0.29) is 11.9 Å². The third kappa shape index (κ3) is 4.78. The van der Waals surface area contributed by atoms with E-state index >= 15 is 0 Å². The second-order valence-corrected chi connectivity index (χ2v) is 6.95. The van der Waals surface area contributed by atoms with E-state index in [2.05, 4.69) is 47.6 Å². The van der Waals surface area contributed by atoms with Gasteiger partial charge in [-0.3, -0.25) is 4.79 Å². The number of piperazine rings is 1. The monoisotopic (exact) mass is 366 g/mol. The zero-order valence-electron chi connectivity index (χ0n) is 16.1. The minimum absolute atomic E-state index is 0.0949. The van der Waals surface area contributed by atoms with Gasteiger partial charge in [0, 0.05) is 50.2 Å². The van der Waals surface area contributed by atoms with Crippen LogP contribution in [0, 0.1) is 13.8 Å². The van der Waals surface area contributed by atoms with Crippen molar-refractivity contribution in [2.24, 2.45) is 0 Å². The molecule has 0 bridgehead atoms. The zero-order chi connectivity index (χ0) is 19.4. The summed E-state index contributed by atoms with van der Waals surface area (Å²) in [5.74, 6) is -0.117. The lowest BCUT2D eigenvalue weighted by molar-refractivity contribution is -0.114. The summed E-state index contributed by atoms with van der Waals surface area (Å²) >= 11 is 0. The number of urea groups is 1. The normalized spacial score (nSPS) is 14.0. The summed E-state index contributed by atoms with van der Waals surface area (Å²) in [6.45, 7) is 8.70. The summed E-state index contributed by atoms with van der Waals surface area (Å²) in [7, 11) is 0. The molecule has 6 nitrogen and oxygen atoms in total. The maximum atomic E-state index is 12.5. The van der Waals surface area contributed by atoms with E-state index in [0.717, 1.165) is 13.1 Å². The number of hydrogen-bond acceptors (Lipinski definition) is 3. The number of nitrogens with zero attached hydrogens (tertiary/aromatic N) is 2.